The Hall–Kier alpha value is -2.57. The average Bonchev–Trinajstić information content (AvgIpc) is 2.39. The van der Waals surface area contributed by atoms with Crippen molar-refractivity contribution in [2.24, 2.45) is 0 Å². The Morgan fingerprint density at radius 3 is 2.29 bits per heavy atom. The minimum absolute atomic E-state index is 0.110. The molecule has 0 fully saturated rings. The summed E-state index contributed by atoms with van der Waals surface area (Å²) in [6.07, 6.45) is 0. The third-order valence-corrected chi connectivity index (χ3v) is 2.92. The van der Waals surface area contributed by atoms with E-state index < -0.39 is 28.4 Å². The lowest BCUT2D eigenvalue weighted by molar-refractivity contribution is -0.384. The van der Waals surface area contributed by atoms with Crippen molar-refractivity contribution in [3.8, 4) is 0 Å². The van der Waals surface area contributed by atoms with Gasteiger partial charge in [0.15, 0.2) is 0 Å². The summed E-state index contributed by atoms with van der Waals surface area (Å²) in [5.41, 5.74) is -0.128. The van der Waals surface area contributed by atoms with E-state index in [1.165, 1.54) is 0 Å². The van der Waals surface area contributed by atoms with E-state index in [1.807, 2.05) is 0 Å². The molecular formula is C14H11F3N2O2. The molecule has 0 radical (unpaired) electrons. The normalized spacial score (nSPS) is 12.0. The Balaban J connectivity index is 2.28. The highest BCUT2D eigenvalue weighted by Gasteiger charge is 2.14. The third-order valence-electron chi connectivity index (χ3n) is 2.92. The molecule has 2 aromatic rings. The average molecular weight is 296 g/mol. The highest BCUT2D eigenvalue weighted by molar-refractivity contribution is 5.53. The molecule has 0 aliphatic rings. The topological polar surface area (TPSA) is 55.2 Å². The van der Waals surface area contributed by atoms with Crippen LogP contribution in [0.2, 0.25) is 0 Å². The Bertz CT molecular complexity index is 672. The first-order valence-corrected chi connectivity index (χ1v) is 6.03. The summed E-state index contributed by atoms with van der Waals surface area (Å²) < 4.78 is 39.9. The number of nitrogens with one attached hydrogen (secondary N) is 1. The Morgan fingerprint density at radius 1 is 1.10 bits per heavy atom. The van der Waals surface area contributed by atoms with Crippen LogP contribution in [-0.4, -0.2) is 4.92 Å². The van der Waals surface area contributed by atoms with Crippen LogP contribution in [0, 0.1) is 27.6 Å². The minimum atomic E-state index is -0.752. The molecule has 0 spiro atoms. The summed E-state index contributed by atoms with van der Waals surface area (Å²) in [7, 11) is 0. The van der Waals surface area contributed by atoms with Gasteiger partial charge in [0.2, 0.25) is 0 Å². The van der Waals surface area contributed by atoms with Gasteiger partial charge < -0.3 is 5.32 Å². The number of non-ortho nitro benzene ring substituents is 1. The number of nitro benzene ring substituents is 1. The van der Waals surface area contributed by atoms with Gasteiger partial charge in [-0.3, -0.25) is 10.1 Å². The third kappa shape index (κ3) is 3.50. The van der Waals surface area contributed by atoms with E-state index in [9.17, 15) is 23.3 Å². The Kier molecular flexibility index (Phi) is 4.11. The Labute approximate surface area is 118 Å². The van der Waals surface area contributed by atoms with Crippen LogP contribution < -0.4 is 5.32 Å². The first-order valence-electron chi connectivity index (χ1n) is 6.03. The summed E-state index contributed by atoms with van der Waals surface area (Å²) in [5, 5.41) is 13.3. The zero-order chi connectivity index (χ0) is 15.6. The lowest BCUT2D eigenvalue weighted by Gasteiger charge is -2.16. The van der Waals surface area contributed by atoms with Gasteiger partial charge >= 0.3 is 0 Å². The van der Waals surface area contributed by atoms with Crippen LogP contribution in [0.15, 0.2) is 36.4 Å². The molecule has 0 aromatic heterocycles. The van der Waals surface area contributed by atoms with E-state index in [4.69, 9.17) is 0 Å². The lowest BCUT2D eigenvalue weighted by atomic mass is 10.1. The number of nitrogens with zero attached hydrogens (tertiary/aromatic N) is 1. The largest absolute Gasteiger partial charge is 0.376 e. The van der Waals surface area contributed by atoms with Gasteiger partial charge in [0.05, 0.1) is 10.6 Å². The van der Waals surface area contributed by atoms with Gasteiger partial charge in [0, 0.05) is 24.2 Å². The SMILES string of the molecule is CC(Nc1cc([N+](=O)[O-])ccc1F)c1cc(F)cc(F)c1. The fraction of sp³-hybridized carbons (Fsp3) is 0.143. The molecule has 0 bridgehead atoms. The van der Waals surface area contributed by atoms with Gasteiger partial charge in [-0.15, -0.1) is 0 Å². The molecule has 0 heterocycles. The highest BCUT2D eigenvalue weighted by Crippen LogP contribution is 2.26. The molecule has 2 rings (SSSR count). The molecule has 110 valence electrons. The number of halogens is 3. The number of nitro groups is 1. The predicted octanol–water partition coefficient (Wildman–Crippen LogP) is 4.19. The second-order valence-corrected chi connectivity index (χ2v) is 4.49. The van der Waals surface area contributed by atoms with Gasteiger partial charge in [0.1, 0.15) is 17.5 Å². The summed E-state index contributed by atoms with van der Waals surface area (Å²) in [5.74, 6) is -2.19. The van der Waals surface area contributed by atoms with Crippen LogP contribution in [0.5, 0.6) is 0 Å². The van der Waals surface area contributed by atoms with Crippen molar-refractivity contribution in [1.29, 1.82) is 0 Å². The molecule has 1 N–H and O–H groups in total. The van der Waals surface area contributed by atoms with Gasteiger partial charge in [-0.25, -0.2) is 13.2 Å². The quantitative estimate of drug-likeness (QED) is 0.680. The maximum Gasteiger partial charge on any atom is 0.271 e. The second kappa shape index (κ2) is 5.82. The second-order valence-electron chi connectivity index (χ2n) is 4.49. The van der Waals surface area contributed by atoms with Crippen molar-refractivity contribution in [3.63, 3.8) is 0 Å². The van der Waals surface area contributed by atoms with Crippen LogP contribution in [0.1, 0.15) is 18.5 Å². The van der Waals surface area contributed by atoms with Crippen LogP contribution >= 0.6 is 0 Å². The van der Waals surface area contributed by atoms with E-state index in [-0.39, 0.29) is 16.9 Å². The van der Waals surface area contributed by atoms with Crippen LogP contribution in [0.25, 0.3) is 0 Å². The number of hydrogen-bond donors (Lipinski definition) is 1. The molecule has 0 amide bonds. The van der Waals surface area contributed by atoms with Gasteiger partial charge in [-0.1, -0.05) is 0 Å². The predicted molar refractivity (Wildman–Crippen MR) is 71.5 cm³/mol. The minimum Gasteiger partial charge on any atom is -0.376 e. The van der Waals surface area contributed by atoms with Crippen LogP contribution in [0.3, 0.4) is 0 Å². The van der Waals surface area contributed by atoms with Crippen molar-refractivity contribution >= 4 is 11.4 Å². The summed E-state index contributed by atoms with van der Waals surface area (Å²) >= 11 is 0. The smallest absolute Gasteiger partial charge is 0.271 e. The van der Waals surface area contributed by atoms with Crippen molar-refractivity contribution in [2.45, 2.75) is 13.0 Å². The summed E-state index contributed by atoms with van der Waals surface area (Å²) in [6.45, 7) is 1.56. The standard InChI is InChI=1S/C14H11F3N2O2/c1-8(9-4-10(15)6-11(16)5-9)18-14-7-12(19(20)21)2-3-13(14)17/h2-8,18H,1H3. The first-order chi connectivity index (χ1) is 9.86. The lowest BCUT2D eigenvalue weighted by Crippen LogP contribution is -2.09. The van der Waals surface area contributed by atoms with Gasteiger partial charge in [0.25, 0.3) is 5.69 Å². The van der Waals surface area contributed by atoms with E-state index >= 15 is 0 Å². The molecule has 0 saturated heterocycles. The molecule has 7 heteroatoms. The fourth-order valence-electron chi connectivity index (χ4n) is 1.88. The van der Waals surface area contributed by atoms with E-state index in [0.29, 0.717) is 0 Å². The van der Waals surface area contributed by atoms with Gasteiger partial charge in [-0.05, 0) is 30.7 Å². The zero-order valence-electron chi connectivity index (χ0n) is 10.9. The van der Waals surface area contributed by atoms with Crippen LogP contribution in [-0.2, 0) is 0 Å². The molecule has 21 heavy (non-hydrogen) atoms. The van der Waals surface area contributed by atoms with E-state index in [2.05, 4.69) is 5.32 Å². The van der Waals surface area contributed by atoms with Crippen molar-refractivity contribution in [1.82, 2.24) is 0 Å². The Morgan fingerprint density at radius 2 is 1.71 bits per heavy atom. The van der Waals surface area contributed by atoms with Crippen molar-refractivity contribution in [2.75, 3.05) is 5.32 Å². The van der Waals surface area contributed by atoms with E-state index in [1.54, 1.807) is 6.92 Å². The molecule has 0 aliphatic heterocycles. The molecule has 0 saturated carbocycles. The molecule has 0 aliphatic carbocycles. The fourth-order valence-corrected chi connectivity index (χ4v) is 1.88. The number of hydrogen-bond acceptors (Lipinski definition) is 3. The number of anilines is 1. The summed E-state index contributed by atoms with van der Waals surface area (Å²) in [4.78, 5) is 10.0. The summed E-state index contributed by atoms with van der Waals surface area (Å²) in [6, 6.07) is 5.33. The maximum absolute atomic E-state index is 13.6. The first kappa shape index (κ1) is 14.8. The van der Waals surface area contributed by atoms with Gasteiger partial charge in [-0.2, -0.15) is 0 Å². The highest BCUT2D eigenvalue weighted by atomic mass is 19.1. The molecule has 1 unspecified atom stereocenters. The number of rotatable bonds is 4. The number of benzene rings is 2. The molecule has 4 nitrogen and oxygen atoms in total. The monoisotopic (exact) mass is 296 g/mol. The van der Waals surface area contributed by atoms with E-state index in [0.717, 1.165) is 36.4 Å². The maximum atomic E-state index is 13.6. The van der Waals surface area contributed by atoms with Crippen molar-refractivity contribution in [3.05, 3.63) is 69.5 Å². The molecule has 1 atom stereocenters. The molecule has 2 aromatic carbocycles. The van der Waals surface area contributed by atoms with Crippen molar-refractivity contribution < 1.29 is 18.1 Å². The molecular weight excluding hydrogens is 285 g/mol. The van der Waals surface area contributed by atoms with Crippen LogP contribution in [0.4, 0.5) is 24.5 Å². The zero-order valence-corrected chi connectivity index (χ0v) is 10.9.